The van der Waals surface area contributed by atoms with Crippen LogP contribution in [-0.4, -0.2) is 5.78 Å². The lowest BCUT2D eigenvalue weighted by Crippen LogP contribution is -2.26. The lowest BCUT2D eigenvalue weighted by Gasteiger charge is -2.29. The van der Waals surface area contributed by atoms with Gasteiger partial charge in [-0.25, -0.2) is 0 Å². The Bertz CT molecular complexity index is 1320. The van der Waals surface area contributed by atoms with Crippen molar-refractivity contribution < 1.29 is 4.79 Å². The van der Waals surface area contributed by atoms with Crippen LogP contribution in [0.5, 0.6) is 0 Å². The van der Waals surface area contributed by atoms with Crippen LogP contribution in [0.2, 0.25) is 0 Å². The third-order valence-electron chi connectivity index (χ3n) is 6.39. The molecule has 0 bridgehead atoms. The summed E-state index contributed by atoms with van der Waals surface area (Å²) in [5.74, 6) is 0.461. The molecule has 2 heterocycles. The summed E-state index contributed by atoms with van der Waals surface area (Å²) in [5.41, 5.74) is 5.12. The van der Waals surface area contributed by atoms with E-state index >= 15 is 0 Å². The molecule has 3 nitrogen and oxygen atoms in total. The monoisotopic (exact) mass is 422 g/mol. The van der Waals surface area contributed by atoms with Gasteiger partial charge in [0, 0.05) is 28.5 Å². The number of thiophene rings is 1. The number of hydrogen-bond acceptors (Lipinski definition) is 4. The molecule has 1 aliphatic heterocycles. The van der Waals surface area contributed by atoms with Gasteiger partial charge in [-0.1, -0.05) is 60.7 Å². The number of fused-ring (bicyclic) bond motifs is 2. The minimum Gasteiger partial charge on any atom is -0.372 e. The quantitative estimate of drug-likeness (QED) is 0.370. The predicted octanol–water partition coefficient (Wildman–Crippen LogP) is 6.88. The van der Waals surface area contributed by atoms with Crippen molar-refractivity contribution in [3.05, 3.63) is 106 Å². The molecule has 31 heavy (non-hydrogen) atoms. The zero-order chi connectivity index (χ0) is 20.8. The second kappa shape index (κ2) is 7.40. The minimum atomic E-state index is -0.186. The van der Waals surface area contributed by atoms with Gasteiger partial charge >= 0.3 is 0 Å². The van der Waals surface area contributed by atoms with Gasteiger partial charge in [-0.05, 0) is 46.3 Å². The average Bonchev–Trinajstić information content (AvgIpc) is 3.28. The van der Waals surface area contributed by atoms with E-state index in [2.05, 4.69) is 82.7 Å². The molecule has 3 aromatic carbocycles. The second-order valence-corrected chi connectivity index (χ2v) is 9.23. The van der Waals surface area contributed by atoms with E-state index in [1.807, 2.05) is 12.1 Å². The van der Waals surface area contributed by atoms with Crippen LogP contribution in [0.4, 0.5) is 11.4 Å². The van der Waals surface area contributed by atoms with Gasteiger partial charge in [0.25, 0.3) is 0 Å². The van der Waals surface area contributed by atoms with Crippen LogP contribution in [0.3, 0.4) is 0 Å². The van der Waals surface area contributed by atoms with Crippen LogP contribution in [0.25, 0.3) is 10.8 Å². The van der Waals surface area contributed by atoms with Gasteiger partial charge in [0.05, 0.1) is 17.4 Å². The van der Waals surface area contributed by atoms with E-state index in [4.69, 9.17) is 0 Å². The molecular weight excluding hydrogens is 400 g/mol. The van der Waals surface area contributed by atoms with E-state index in [-0.39, 0.29) is 17.7 Å². The van der Waals surface area contributed by atoms with Crippen molar-refractivity contribution in [3.63, 3.8) is 0 Å². The first-order valence-electron chi connectivity index (χ1n) is 10.7. The predicted molar refractivity (Wildman–Crippen MR) is 129 cm³/mol. The highest BCUT2D eigenvalue weighted by Gasteiger charge is 2.36. The van der Waals surface area contributed by atoms with Crippen LogP contribution >= 0.6 is 11.3 Å². The molecule has 0 spiro atoms. The topological polar surface area (TPSA) is 41.1 Å². The fraction of sp³-hybridized carbons (Fsp3) is 0.148. The van der Waals surface area contributed by atoms with Gasteiger partial charge in [0.1, 0.15) is 0 Å². The molecule has 1 aromatic heterocycles. The van der Waals surface area contributed by atoms with Crippen molar-refractivity contribution in [2.75, 3.05) is 10.6 Å². The van der Waals surface area contributed by atoms with Crippen molar-refractivity contribution in [2.24, 2.45) is 0 Å². The van der Waals surface area contributed by atoms with Gasteiger partial charge in [-0.3, -0.25) is 4.79 Å². The largest absolute Gasteiger partial charge is 0.372 e. The summed E-state index contributed by atoms with van der Waals surface area (Å²) in [6.45, 7) is 0. The summed E-state index contributed by atoms with van der Waals surface area (Å²) in [4.78, 5) is 14.9. The highest BCUT2D eigenvalue weighted by atomic mass is 32.1. The maximum Gasteiger partial charge on any atom is 0.163 e. The average molecular weight is 423 g/mol. The van der Waals surface area contributed by atoms with E-state index in [1.165, 1.54) is 15.6 Å². The van der Waals surface area contributed by atoms with E-state index in [0.717, 1.165) is 34.6 Å². The Labute approximate surface area is 185 Å². The van der Waals surface area contributed by atoms with Gasteiger partial charge in [-0.2, -0.15) is 0 Å². The van der Waals surface area contributed by atoms with E-state index < -0.39 is 0 Å². The summed E-state index contributed by atoms with van der Waals surface area (Å²) in [5, 5.41) is 11.8. The van der Waals surface area contributed by atoms with Crippen LogP contribution in [-0.2, 0) is 4.79 Å². The molecule has 0 saturated carbocycles. The standard InChI is InChI=1S/C27H22N2OS/c30-24-16-18(25-13-6-14-31-25)15-23-26(24)27(29-22-12-4-3-11-21(22)28-23)20-10-5-8-17-7-1-2-9-19(17)20/h1-14,18,27-29H,15-16H2/t18-,27+/m0/s1. The molecule has 1 aliphatic carbocycles. The summed E-state index contributed by atoms with van der Waals surface area (Å²) in [7, 11) is 0. The first kappa shape index (κ1) is 18.4. The zero-order valence-corrected chi connectivity index (χ0v) is 17.8. The number of rotatable bonds is 2. The first-order chi connectivity index (χ1) is 15.3. The smallest absolute Gasteiger partial charge is 0.163 e. The summed E-state index contributed by atoms with van der Waals surface area (Å²) in [6.07, 6.45) is 1.40. The van der Waals surface area contributed by atoms with Crippen LogP contribution in [0.1, 0.15) is 35.2 Å². The molecule has 2 N–H and O–H groups in total. The van der Waals surface area contributed by atoms with Gasteiger partial charge in [0.2, 0.25) is 0 Å². The number of carbonyl (C=O) groups is 1. The zero-order valence-electron chi connectivity index (χ0n) is 17.0. The third-order valence-corrected chi connectivity index (χ3v) is 7.42. The lowest BCUT2D eigenvalue weighted by atomic mass is 9.80. The number of carbonyl (C=O) groups excluding carboxylic acids is 1. The molecule has 0 radical (unpaired) electrons. The van der Waals surface area contributed by atoms with Crippen LogP contribution in [0.15, 0.2) is 95.5 Å². The third kappa shape index (κ3) is 3.15. The number of benzene rings is 3. The molecule has 0 amide bonds. The molecule has 2 atom stereocenters. The maximum atomic E-state index is 13.6. The van der Waals surface area contributed by atoms with Gasteiger partial charge in [0.15, 0.2) is 5.78 Å². The van der Waals surface area contributed by atoms with E-state index in [0.29, 0.717) is 6.42 Å². The highest BCUT2D eigenvalue weighted by Crippen LogP contribution is 2.45. The number of para-hydroxylation sites is 2. The van der Waals surface area contributed by atoms with Crippen LogP contribution in [0, 0.1) is 0 Å². The molecule has 152 valence electrons. The molecule has 0 unspecified atom stereocenters. The molecule has 0 saturated heterocycles. The first-order valence-corrected chi connectivity index (χ1v) is 11.6. The molecule has 4 aromatic rings. The van der Waals surface area contributed by atoms with Crippen molar-refractivity contribution >= 4 is 39.3 Å². The molecule has 2 aliphatic rings. The molecule has 0 fully saturated rings. The summed E-state index contributed by atoms with van der Waals surface area (Å²) in [6, 6.07) is 27.1. The number of allylic oxidation sites excluding steroid dienone is 1. The maximum absolute atomic E-state index is 13.6. The van der Waals surface area contributed by atoms with Crippen LogP contribution < -0.4 is 10.6 Å². The molecular formula is C27H22N2OS. The molecule has 6 rings (SSSR count). The number of nitrogens with one attached hydrogen (secondary N) is 2. The fourth-order valence-electron chi connectivity index (χ4n) is 4.95. The Hall–Kier alpha value is -3.37. The van der Waals surface area contributed by atoms with E-state index in [9.17, 15) is 4.79 Å². The highest BCUT2D eigenvalue weighted by molar-refractivity contribution is 7.10. The second-order valence-electron chi connectivity index (χ2n) is 8.25. The Morgan fingerprint density at radius 2 is 1.61 bits per heavy atom. The Balaban J connectivity index is 1.54. The van der Waals surface area contributed by atoms with Crippen molar-refractivity contribution in [1.82, 2.24) is 0 Å². The number of ketones is 1. The summed E-state index contributed by atoms with van der Waals surface area (Å²) >= 11 is 1.74. The van der Waals surface area contributed by atoms with Gasteiger partial charge in [-0.15, -0.1) is 11.3 Å². The Kier molecular flexibility index (Phi) is 4.39. The lowest BCUT2D eigenvalue weighted by molar-refractivity contribution is -0.116. The molecule has 4 heteroatoms. The van der Waals surface area contributed by atoms with E-state index in [1.54, 1.807) is 11.3 Å². The Morgan fingerprint density at radius 1 is 0.806 bits per heavy atom. The number of Topliss-reactive ketones (excluding diaryl/α,β-unsaturated/α-hetero) is 1. The fourth-order valence-corrected chi connectivity index (χ4v) is 5.78. The summed E-state index contributed by atoms with van der Waals surface area (Å²) < 4.78 is 0. The van der Waals surface area contributed by atoms with Crippen molar-refractivity contribution in [1.29, 1.82) is 0 Å². The van der Waals surface area contributed by atoms with Crippen molar-refractivity contribution in [3.8, 4) is 0 Å². The SMILES string of the molecule is O=C1C[C@@H](c2cccs2)CC2=C1[C@@H](c1cccc3ccccc13)Nc1ccccc1N2. The van der Waals surface area contributed by atoms with Gasteiger partial charge < -0.3 is 10.6 Å². The normalized spacial score (nSPS) is 20.5. The Morgan fingerprint density at radius 3 is 2.48 bits per heavy atom. The minimum absolute atomic E-state index is 0.186. The number of anilines is 2. The number of hydrogen-bond donors (Lipinski definition) is 2. The van der Waals surface area contributed by atoms with Crippen molar-refractivity contribution in [2.45, 2.75) is 24.8 Å².